The monoisotopic (exact) mass is 283 g/mol. The third kappa shape index (κ3) is 4.47. The van der Waals surface area contributed by atoms with Crippen molar-refractivity contribution in [3.63, 3.8) is 0 Å². The summed E-state index contributed by atoms with van der Waals surface area (Å²) in [5.74, 6) is -3.67. The van der Waals surface area contributed by atoms with Crippen LogP contribution in [0.15, 0.2) is 18.2 Å². The molecule has 1 aliphatic carbocycles. The molecule has 3 N–H and O–H groups in total. The molecule has 1 aromatic carbocycles. The smallest absolute Gasteiger partial charge is 0.475 e. The summed E-state index contributed by atoms with van der Waals surface area (Å²) in [5, 5.41) is 7.12. The van der Waals surface area contributed by atoms with Crippen LogP contribution in [0.4, 0.5) is 22.0 Å². The van der Waals surface area contributed by atoms with Crippen LogP contribution in [0.1, 0.15) is 17.9 Å². The summed E-state index contributed by atoms with van der Waals surface area (Å²) >= 11 is 0. The number of benzene rings is 1. The first-order chi connectivity index (χ1) is 8.62. The lowest BCUT2D eigenvalue weighted by atomic mass is 10.1. The maximum Gasteiger partial charge on any atom is 0.490 e. The fourth-order valence-electron chi connectivity index (χ4n) is 1.37. The van der Waals surface area contributed by atoms with E-state index in [-0.39, 0.29) is 12.0 Å². The predicted molar refractivity (Wildman–Crippen MR) is 55.4 cm³/mol. The molecular formula is C11H10F5NO2. The zero-order chi connectivity index (χ0) is 14.8. The number of carboxylic acids is 1. The number of aliphatic carboxylic acids is 1. The topological polar surface area (TPSA) is 63.3 Å². The highest BCUT2D eigenvalue weighted by molar-refractivity contribution is 5.73. The second-order valence-corrected chi connectivity index (χ2v) is 3.97. The minimum atomic E-state index is -5.08. The molecule has 2 unspecified atom stereocenters. The Kier molecular flexibility index (Phi) is 4.46. The van der Waals surface area contributed by atoms with E-state index < -0.39 is 23.8 Å². The molecule has 2 rings (SSSR count). The van der Waals surface area contributed by atoms with Gasteiger partial charge in [0.05, 0.1) is 0 Å². The molecule has 0 amide bonds. The predicted octanol–water partition coefficient (Wildman–Crippen LogP) is 2.41. The lowest BCUT2D eigenvalue weighted by Gasteiger charge is -1.99. The van der Waals surface area contributed by atoms with E-state index in [0.717, 1.165) is 12.5 Å². The third-order valence-corrected chi connectivity index (χ3v) is 2.44. The second-order valence-electron chi connectivity index (χ2n) is 3.97. The molecule has 1 fully saturated rings. The Morgan fingerprint density at radius 3 is 2.11 bits per heavy atom. The van der Waals surface area contributed by atoms with E-state index in [1.165, 1.54) is 12.1 Å². The Bertz CT molecular complexity index is 475. The van der Waals surface area contributed by atoms with Crippen molar-refractivity contribution in [2.24, 2.45) is 5.73 Å². The number of halogens is 5. The van der Waals surface area contributed by atoms with E-state index in [1.54, 1.807) is 0 Å². The Morgan fingerprint density at radius 2 is 1.79 bits per heavy atom. The van der Waals surface area contributed by atoms with Gasteiger partial charge in [-0.15, -0.1) is 0 Å². The van der Waals surface area contributed by atoms with Crippen LogP contribution < -0.4 is 5.73 Å². The van der Waals surface area contributed by atoms with Crippen molar-refractivity contribution >= 4 is 5.97 Å². The van der Waals surface area contributed by atoms with Crippen molar-refractivity contribution < 1.29 is 31.9 Å². The fourth-order valence-corrected chi connectivity index (χ4v) is 1.37. The molecule has 0 heterocycles. The average molecular weight is 283 g/mol. The molecule has 19 heavy (non-hydrogen) atoms. The average Bonchev–Trinajstić information content (AvgIpc) is 2.94. The van der Waals surface area contributed by atoms with E-state index in [4.69, 9.17) is 15.6 Å². The Morgan fingerprint density at radius 1 is 1.32 bits per heavy atom. The van der Waals surface area contributed by atoms with E-state index in [1.807, 2.05) is 0 Å². The van der Waals surface area contributed by atoms with Crippen LogP contribution in [-0.2, 0) is 4.79 Å². The molecule has 0 aromatic heterocycles. The maximum absolute atomic E-state index is 13.0. The van der Waals surface area contributed by atoms with Crippen LogP contribution in [0.25, 0.3) is 0 Å². The van der Waals surface area contributed by atoms with Crippen LogP contribution in [-0.4, -0.2) is 23.3 Å². The highest BCUT2D eigenvalue weighted by Crippen LogP contribution is 2.40. The SMILES string of the molecule is NC1CC1c1ccc(F)cc1F.O=C(O)C(F)(F)F. The first-order valence-corrected chi connectivity index (χ1v) is 5.13. The third-order valence-electron chi connectivity index (χ3n) is 2.44. The number of alkyl halides is 3. The maximum atomic E-state index is 13.0. The molecule has 1 aliphatic rings. The van der Waals surface area contributed by atoms with Crippen LogP contribution >= 0.6 is 0 Å². The summed E-state index contributed by atoms with van der Waals surface area (Å²) in [5.41, 5.74) is 6.09. The van der Waals surface area contributed by atoms with E-state index in [9.17, 15) is 22.0 Å². The summed E-state index contributed by atoms with van der Waals surface area (Å²) in [7, 11) is 0. The summed E-state index contributed by atoms with van der Waals surface area (Å²) in [4.78, 5) is 8.90. The van der Waals surface area contributed by atoms with Gasteiger partial charge in [0.25, 0.3) is 0 Å². The van der Waals surface area contributed by atoms with Gasteiger partial charge in [0.15, 0.2) is 0 Å². The number of hydrogen-bond donors (Lipinski definition) is 2. The zero-order valence-electron chi connectivity index (χ0n) is 9.42. The lowest BCUT2D eigenvalue weighted by Crippen LogP contribution is -2.21. The van der Waals surface area contributed by atoms with Crippen molar-refractivity contribution in [3.05, 3.63) is 35.4 Å². The van der Waals surface area contributed by atoms with Crippen LogP contribution in [0.5, 0.6) is 0 Å². The molecular weight excluding hydrogens is 273 g/mol. The minimum absolute atomic E-state index is 0.0601. The number of rotatable bonds is 1. The van der Waals surface area contributed by atoms with Gasteiger partial charge in [-0.2, -0.15) is 13.2 Å². The van der Waals surface area contributed by atoms with Gasteiger partial charge in [0.1, 0.15) is 11.6 Å². The Labute approximate surface area is 104 Å². The van der Waals surface area contributed by atoms with E-state index in [2.05, 4.69) is 0 Å². The molecule has 0 bridgehead atoms. The van der Waals surface area contributed by atoms with Gasteiger partial charge in [-0.3, -0.25) is 0 Å². The summed E-state index contributed by atoms with van der Waals surface area (Å²) in [6, 6.07) is 3.71. The molecule has 106 valence electrons. The van der Waals surface area contributed by atoms with Crippen molar-refractivity contribution in [1.82, 2.24) is 0 Å². The van der Waals surface area contributed by atoms with Gasteiger partial charge in [-0.1, -0.05) is 6.07 Å². The zero-order valence-corrected chi connectivity index (χ0v) is 9.42. The number of carboxylic acid groups (broad SMARTS) is 1. The normalized spacial score (nSPS) is 21.4. The second kappa shape index (κ2) is 5.52. The molecule has 0 aliphatic heterocycles. The first-order valence-electron chi connectivity index (χ1n) is 5.13. The van der Waals surface area contributed by atoms with Gasteiger partial charge < -0.3 is 10.8 Å². The largest absolute Gasteiger partial charge is 0.490 e. The number of carbonyl (C=O) groups is 1. The van der Waals surface area contributed by atoms with Crippen molar-refractivity contribution in [3.8, 4) is 0 Å². The number of hydrogen-bond acceptors (Lipinski definition) is 2. The molecule has 0 saturated heterocycles. The highest BCUT2D eigenvalue weighted by Gasteiger charge is 2.38. The van der Waals surface area contributed by atoms with E-state index in [0.29, 0.717) is 5.56 Å². The lowest BCUT2D eigenvalue weighted by molar-refractivity contribution is -0.192. The molecule has 0 spiro atoms. The van der Waals surface area contributed by atoms with Gasteiger partial charge in [0.2, 0.25) is 0 Å². The van der Waals surface area contributed by atoms with Crippen LogP contribution in [0.2, 0.25) is 0 Å². The summed E-state index contributed by atoms with van der Waals surface area (Å²) in [6.45, 7) is 0. The van der Waals surface area contributed by atoms with Gasteiger partial charge in [-0.05, 0) is 18.1 Å². The van der Waals surface area contributed by atoms with Crippen molar-refractivity contribution in [1.29, 1.82) is 0 Å². The Balaban J connectivity index is 0.000000224. The molecule has 0 radical (unpaired) electrons. The first kappa shape index (κ1) is 15.4. The van der Waals surface area contributed by atoms with Crippen LogP contribution in [0, 0.1) is 11.6 Å². The standard InChI is InChI=1S/C9H9F2N.C2HF3O2/c10-5-1-2-6(8(11)3-5)7-4-9(7)12;3-2(4,5)1(6)7/h1-3,7,9H,4,12H2;(H,6,7). The van der Waals surface area contributed by atoms with Gasteiger partial charge >= 0.3 is 12.1 Å². The van der Waals surface area contributed by atoms with E-state index >= 15 is 0 Å². The summed E-state index contributed by atoms with van der Waals surface area (Å²) in [6.07, 6.45) is -4.28. The molecule has 1 aromatic rings. The van der Waals surface area contributed by atoms with Gasteiger partial charge in [0, 0.05) is 18.0 Å². The summed E-state index contributed by atoms with van der Waals surface area (Å²) < 4.78 is 57.2. The van der Waals surface area contributed by atoms with Crippen LogP contribution in [0.3, 0.4) is 0 Å². The van der Waals surface area contributed by atoms with Gasteiger partial charge in [-0.25, -0.2) is 13.6 Å². The van der Waals surface area contributed by atoms with Crippen molar-refractivity contribution in [2.75, 3.05) is 0 Å². The fraction of sp³-hybridized carbons (Fsp3) is 0.364. The highest BCUT2D eigenvalue weighted by atomic mass is 19.4. The number of nitrogens with two attached hydrogens (primary N) is 1. The molecule has 3 nitrogen and oxygen atoms in total. The molecule has 1 saturated carbocycles. The quantitative estimate of drug-likeness (QED) is 0.778. The molecule has 8 heteroatoms. The van der Waals surface area contributed by atoms with Crippen molar-refractivity contribution in [2.45, 2.75) is 24.6 Å². The Hall–Kier alpha value is -1.70. The molecule has 2 atom stereocenters. The minimum Gasteiger partial charge on any atom is -0.475 e.